The molecule has 1 atom stereocenters. The van der Waals surface area contributed by atoms with Crippen molar-refractivity contribution in [2.45, 2.75) is 19.8 Å². The molecule has 0 bridgehead atoms. The van der Waals surface area contributed by atoms with E-state index in [0.29, 0.717) is 13.0 Å². The zero-order valence-corrected chi connectivity index (χ0v) is 12.4. The molecule has 0 aliphatic heterocycles. The molecular weight excluding hydrogens is 266 g/mol. The third-order valence-electron chi connectivity index (χ3n) is 3.52. The number of benzene rings is 1. The molecular formula is C15H21N5O. The Labute approximate surface area is 124 Å². The lowest BCUT2D eigenvalue weighted by Crippen LogP contribution is -2.21. The number of anilines is 1. The molecule has 0 radical (unpaired) electrons. The molecule has 0 spiro atoms. The van der Waals surface area contributed by atoms with Crippen molar-refractivity contribution in [2.75, 3.05) is 11.9 Å². The summed E-state index contributed by atoms with van der Waals surface area (Å²) >= 11 is 0. The van der Waals surface area contributed by atoms with Crippen molar-refractivity contribution in [3.05, 3.63) is 30.6 Å². The van der Waals surface area contributed by atoms with Gasteiger partial charge in [0.05, 0.1) is 0 Å². The van der Waals surface area contributed by atoms with Gasteiger partial charge in [0.25, 0.3) is 0 Å². The summed E-state index contributed by atoms with van der Waals surface area (Å²) in [6, 6.07) is 7.57. The van der Waals surface area contributed by atoms with Gasteiger partial charge in [0.1, 0.15) is 6.33 Å². The van der Waals surface area contributed by atoms with Crippen LogP contribution in [0.25, 0.3) is 11.4 Å². The van der Waals surface area contributed by atoms with E-state index in [9.17, 15) is 4.79 Å². The first-order valence-electron chi connectivity index (χ1n) is 7.08. The van der Waals surface area contributed by atoms with E-state index in [1.54, 1.807) is 6.33 Å². The van der Waals surface area contributed by atoms with Crippen molar-refractivity contribution < 1.29 is 4.79 Å². The summed E-state index contributed by atoms with van der Waals surface area (Å²) in [6.45, 7) is 2.58. The van der Waals surface area contributed by atoms with Crippen molar-refractivity contribution in [1.82, 2.24) is 14.8 Å². The van der Waals surface area contributed by atoms with Crippen LogP contribution in [0.1, 0.15) is 19.8 Å². The fourth-order valence-corrected chi connectivity index (χ4v) is 2.12. The summed E-state index contributed by atoms with van der Waals surface area (Å²) in [6.07, 6.45) is 3.02. The molecule has 1 aromatic carbocycles. The maximum absolute atomic E-state index is 11.9. The zero-order valence-electron chi connectivity index (χ0n) is 12.4. The molecule has 0 saturated heterocycles. The van der Waals surface area contributed by atoms with E-state index in [0.717, 1.165) is 23.5 Å². The van der Waals surface area contributed by atoms with Crippen LogP contribution in [0.2, 0.25) is 0 Å². The van der Waals surface area contributed by atoms with Gasteiger partial charge in [0.2, 0.25) is 5.91 Å². The second-order valence-electron chi connectivity index (χ2n) is 5.11. The van der Waals surface area contributed by atoms with Crippen LogP contribution in [0.3, 0.4) is 0 Å². The van der Waals surface area contributed by atoms with Crippen LogP contribution in [0.15, 0.2) is 30.6 Å². The van der Waals surface area contributed by atoms with Crippen molar-refractivity contribution in [3.63, 3.8) is 0 Å². The predicted molar refractivity (Wildman–Crippen MR) is 82.5 cm³/mol. The molecule has 1 heterocycles. The minimum absolute atomic E-state index is 0.00120. The first kappa shape index (κ1) is 15.2. The third-order valence-corrected chi connectivity index (χ3v) is 3.52. The normalized spacial score (nSPS) is 12.1. The van der Waals surface area contributed by atoms with Gasteiger partial charge in [-0.2, -0.15) is 0 Å². The van der Waals surface area contributed by atoms with Crippen LogP contribution < -0.4 is 11.1 Å². The summed E-state index contributed by atoms with van der Waals surface area (Å²) in [4.78, 5) is 11.9. The monoisotopic (exact) mass is 287 g/mol. The van der Waals surface area contributed by atoms with Gasteiger partial charge in [-0.1, -0.05) is 13.3 Å². The number of nitrogens with two attached hydrogens (primary N) is 1. The lowest BCUT2D eigenvalue weighted by Gasteiger charge is -2.12. The number of nitrogens with zero attached hydrogens (tertiary/aromatic N) is 3. The highest BCUT2D eigenvalue weighted by atomic mass is 16.1. The van der Waals surface area contributed by atoms with E-state index in [1.807, 2.05) is 42.8 Å². The lowest BCUT2D eigenvalue weighted by atomic mass is 10.0. The highest BCUT2D eigenvalue weighted by Gasteiger charge is 2.11. The van der Waals surface area contributed by atoms with Gasteiger partial charge in [0.15, 0.2) is 5.82 Å². The van der Waals surface area contributed by atoms with Crippen LogP contribution in [-0.2, 0) is 11.8 Å². The Balaban J connectivity index is 2.00. The molecule has 6 nitrogen and oxygen atoms in total. The number of hydrogen-bond acceptors (Lipinski definition) is 4. The van der Waals surface area contributed by atoms with Crippen LogP contribution >= 0.6 is 0 Å². The summed E-state index contributed by atoms with van der Waals surface area (Å²) < 4.78 is 1.85. The second-order valence-corrected chi connectivity index (χ2v) is 5.11. The van der Waals surface area contributed by atoms with Crippen LogP contribution in [0.4, 0.5) is 5.69 Å². The Kier molecular flexibility index (Phi) is 5.05. The van der Waals surface area contributed by atoms with Gasteiger partial charge >= 0.3 is 0 Å². The molecule has 21 heavy (non-hydrogen) atoms. The van der Waals surface area contributed by atoms with E-state index >= 15 is 0 Å². The number of aromatic nitrogens is 3. The summed E-state index contributed by atoms with van der Waals surface area (Å²) in [7, 11) is 1.89. The fraction of sp³-hybridized carbons (Fsp3) is 0.400. The number of rotatable bonds is 6. The van der Waals surface area contributed by atoms with E-state index in [-0.39, 0.29) is 11.8 Å². The Morgan fingerprint density at radius 2 is 2.10 bits per heavy atom. The molecule has 0 saturated carbocycles. The molecule has 3 N–H and O–H groups in total. The van der Waals surface area contributed by atoms with Gasteiger partial charge in [-0.05, 0) is 36.7 Å². The second kappa shape index (κ2) is 6.99. The van der Waals surface area contributed by atoms with Crippen LogP contribution in [-0.4, -0.2) is 27.2 Å². The van der Waals surface area contributed by atoms with Crippen molar-refractivity contribution in [3.8, 4) is 11.4 Å². The summed E-state index contributed by atoms with van der Waals surface area (Å²) in [5, 5.41) is 10.8. The van der Waals surface area contributed by atoms with Gasteiger partial charge in [0, 0.05) is 24.7 Å². The number of aryl methyl sites for hydroxylation is 1. The number of nitrogens with one attached hydrogen (secondary N) is 1. The molecule has 2 rings (SSSR count). The average Bonchev–Trinajstić information content (AvgIpc) is 2.92. The lowest BCUT2D eigenvalue weighted by molar-refractivity contribution is -0.117. The van der Waals surface area contributed by atoms with E-state index in [2.05, 4.69) is 15.5 Å². The molecule has 1 unspecified atom stereocenters. The fourth-order valence-electron chi connectivity index (χ4n) is 2.12. The molecule has 0 aliphatic rings. The first-order valence-corrected chi connectivity index (χ1v) is 7.08. The first-order chi connectivity index (χ1) is 10.1. The highest BCUT2D eigenvalue weighted by Crippen LogP contribution is 2.19. The standard InChI is InChI=1S/C15H21N5O/c1-3-11(9-16)8-14(21)18-13-6-4-12(5-7-13)15-19-17-10-20(15)2/h4-7,10-11H,3,8-9,16H2,1-2H3,(H,18,21). The number of amides is 1. The molecule has 112 valence electrons. The maximum atomic E-state index is 11.9. The largest absolute Gasteiger partial charge is 0.330 e. The smallest absolute Gasteiger partial charge is 0.224 e. The van der Waals surface area contributed by atoms with E-state index < -0.39 is 0 Å². The topological polar surface area (TPSA) is 85.8 Å². The van der Waals surface area contributed by atoms with Crippen LogP contribution in [0, 0.1) is 5.92 Å². The third kappa shape index (κ3) is 3.88. The number of hydrogen-bond donors (Lipinski definition) is 2. The number of carbonyl (C=O) groups is 1. The Bertz CT molecular complexity index is 586. The minimum Gasteiger partial charge on any atom is -0.330 e. The van der Waals surface area contributed by atoms with Crippen LogP contribution in [0.5, 0.6) is 0 Å². The van der Waals surface area contributed by atoms with Gasteiger partial charge < -0.3 is 15.6 Å². The van der Waals surface area contributed by atoms with E-state index in [4.69, 9.17) is 5.73 Å². The van der Waals surface area contributed by atoms with Gasteiger partial charge in [-0.15, -0.1) is 10.2 Å². The predicted octanol–water partition coefficient (Wildman–Crippen LogP) is 1.80. The Morgan fingerprint density at radius 1 is 1.38 bits per heavy atom. The zero-order chi connectivity index (χ0) is 15.2. The molecule has 0 fully saturated rings. The van der Waals surface area contributed by atoms with Crippen molar-refractivity contribution in [2.24, 2.45) is 18.7 Å². The molecule has 1 amide bonds. The summed E-state index contributed by atoms with van der Waals surface area (Å²) in [5.74, 6) is 1.03. The minimum atomic E-state index is -0.00120. The quantitative estimate of drug-likeness (QED) is 0.848. The van der Waals surface area contributed by atoms with Crippen molar-refractivity contribution in [1.29, 1.82) is 0 Å². The SMILES string of the molecule is CCC(CN)CC(=O)Nc1ccc(-c2nncn2C)cc1. The van der Waals surface area contributed by atoms with Gasteiger partial charge in [-0.3, -0.25) is 4.79 Å². The highest BCUT2D eigenvalue weighted by molar-refractivity contribution is 5.91. The summed E-state index contributed by atoms with van der Waals surface area (Å²) in [5.41, 5.74) is 7.35. The molecule has 1 aromatic heterocycles. The van der Waals surface area contributed by atoms with Gasteiger partial charge in [-0.25, -0.2) is 0 Å². The molecule has 0 aliphatic carbocycles. The Hall–Kier alpha value is -2.21. The number of carbonyl (C=O) groups excluding carboxylic acids is 1. The van der Waals surface area contributed by atoms with E-state index in [1.165, 1.54) is 0 Å². The molecule has 2 aromatic rings. The van der Waals surface area contributed by atoms with Crippen molar-refractivity contribution >= 4 is 11.6 Å². The Morgan fingerprint density at radius 3 is 2.62 bits per heavy atom. The maximum Gasteiger partial charge on any atom is 0.224 e. The molecule has 6 heteroatoms. The average molecular weight is 287 g/mol.